The number of fused-ring (bicyclic) bond motifs is 1. The first-order valence-corrected chi connectivity index (χ1v) is 5.95. The Bertz CT molecular complexity index is 427. The summed E-state index contributed by atoms with van der Waals surface area (Å²) in [6, 6.07) is 6.02. The minimum atomic E-state index is 0.716. The van der Waals surface area contributed by atoms with E-state index >= 15 is 0 Å². The first kappa shape index (κ1) is 10.4. The number of benzene rings is 1. The lowest BCUT2D eigenvalue weighted by Gasteiger charge is -2.05. The van der Waals surface area contributed by atoms with Gasteiger partial charge in [-0.3, -0.25) is 0 Å². The van der Waals surface area contributed by atoms with Crippen molar-refractivity contribution in [2.75, 3.05) is 13.2 Å². The van der Waals surface area contributed by atoms with Crippen molar-refractivity contribution < 1.29 is 4.74 Å². The Morgan fingerprint density at radius 2 is 2.27 bits per heavy atom. The molecule has 1 aromatic heterocycles. The fourth-order valence-corrected chi connectivity index (χ4v) is 2.10. The number of nitrogens with two attached hydrogens (primary N) is 1. The molecule has 0 atom stereocenters. The number of nitrogens with zero attached hydrogens (tertiary/aromatic N) is 1. The maximum Gasteiger partial charge on any atom is 0.146 e. The Labute approximate surface area is 92.9 Å². The van der Waals surface area contributed by atoms with E-state index in [2.05, 4.69) is 11.1 Å². The van der Waals surface area contributed by atoms with E-state index in [4.69, 9.17) is 10.5 Å². The van der Waals surface area contributed by atoms with Gasteiger partial charge in [-0.1, -0.05) is 6.07 Å². The van der Waals surface area contributed by atoms with Crippen molar-refractivity contribution in [1.29, 1.82) is 0 Å². The summed E-state index contributed by atoms with van der Waals surface area (Å²) < 4.78 is 6.84. The highest BCUT2D eigenvalue weighted by atomic mass is 32.1. The molecule has 0 spiro atoms. The van der Waals surface area contributed by atoms with Gasteiger partial charge in [0.1, 0.15) is 11.3 Å². The zero-order valence-electron chi connectivity index (χ0n) is 8.48. The van der Waals surface area contributed by atoms with Gasteiger partial charge >= 0.3 is 0 Å². The summed E-state index contributed by atoms with van der Waals surface area (Å²) in [4.78, 5) is 4.29. The van der Waals surface area contributed by atoms with Crippen LogP contribution >= 0.6 is 11.3 Å². The van der Waals surface area contributed by atoms with Gasteiger partial charge in [-0.2, -0.15) is 0 Å². The molecule has 1 heterocycles. The van der Waals surface area contributed by atoms with Gasteiger partial charge < -0.3 is 10.5 Å². The third-order valence-electron chi connectivity index (χ3n) is 2.18. The number of thiazole rings is 1. The zero-order chi connectivity index (χ0) is 10.5. The smallest absolute Gasteiger partial charge is 0.146 e. The molecule has 15 heavy (non-hydrogen) atoms. The van der Waals surface area contributed by atoms with Gasteiger partial charge in [0.15, 0.2) is 0 Å². The van der Waals surface area contributed by atoms with Crippen LogP contribution in [0.4, 0.5) is 0 Å². The summed E-state index contributed by atoms with van der Waals surface area (Å²) in [5, 5.41) is 0. The van der Waals surface area contributed by atoms with Crippen LogP contribution < -0.4 is 10.5 Å². The Morgan fingerprint density at radius 1 is 1.33 bits per heavy atom. The molecule has 2 N–H and O–H groups in total. The van der Waals surface area contributed by atoms with Crippen LogP contribution in [0.25, 0.3) is 10.2 Å². The molecule has 0 unspecified atom stereocenters. The van der Waals surface area contributed by atoms with Crippen molar-refractivity contribution in [3.63, 3.8) is 0 Å². The summed E-state index contributed by atoms with van der Waals surface area (Å²) in [5.41, 5.74) is 8.23. The second-order valence-electron chi connectivity index (χ2n) is 3.30. The highest BCUT2D eigenvalue weighted by Crippen LogP contribution is 2.26. The van der Waals surface area contributed by atoms with Crippen LogP contribution in [0.5, 0.6) is 5.75 Å². The molecule has 3 nitrogen and oxygen atoms in total. The fourth-order valence-electron chi connectivity index (χ4n) is 1.41. The van der Waals surface area contributed by atoms with Gasteiger partial charge in [0.05, 0.1) is 16.8 Å². The third kappa shape index (κ3) is 2.46. The summed E-state index contributed by atoms with van der Waals surface area (Å²) in [6.07, 6.45) is 2.00. The number of aromatic nitrogens is 1. The van der Waals surface area contributed by atoms with E-state index in [1.54, 1.807) is 11.3 Å². The van der Waals surface area contributed by atoms with E-state index in [0.717, 1.165) is 30.7 Å². The highest BCUT2D eigenvalue weighted by Gasteiger charge is 2.03. The molecule has 1 aromatic carbocycles. The van der Waals surface area contributed by atoms with Crippen LogP contribution in [0.2, 0.25) is 0 Å². The monoisotopic (exact) mass is 222 g/mol. The summed E-state index contributed by atoms with van der Waals surface area (Å²) in [5.74, 6) is 0.880. The predicted octanol–water partition coefficient (Wildman–Crippen LogP) is 2.41. The van der Waals surface area contributed by atoms with Crippen molar-refractivity contribution in [3.05, 3.63) is 23.7 Å². The first-order chi connectivity index (χ1) is 7.42. The van der Waals surface area contributed by atoms with Gasteiger partial charge in [-0.25, -0.2) is 4.98 Å². The van der Waals surface area contributed by atoms with Crippen LogP contribution in [-0.2, 0) is 0 Å². The summed E-state index contributed by atoms with van der Waals surface area (Å²) >= 11 is 1.63. The van der Waals surface area contributed by atoms with E-state index in [1.807, 2.05) is 17.6 Å². The van der Waals surface area contributed by atoms with Gasteiger partial charge in [0.25, 0.3) is 0 Å². The van der Waals surface area contributed by atoms with Gasteiger partial charge in [0, 0.05) is 0 Å². The van der Waals surface area contributed by atoms with Crippen molar-refractivity contribution in [3.8, 4) is 5.75 Å². The normalized spacial score (nSPS) is 10.7. The third-order valence-corrected chi connectivity index (χ3v) is 2.97. The van der Waals surface area contributed by atoms with E-state index in [0.29, 0.717) is 6.61 Å². The molecule has 0 saturated heterocycles. The number of rotatable bonds is 5. The molecule has 4 heteroatoms. The molecule has 0 aliphatic rings. The molecule has 2 rings (SSSR count). The number of para-hydroxylation sites is 1. The van der Waals surface area contributed by atoms with Crippen LogP contribution in [-0.4, -0.2) is 18.1 Å². The average molecular weight is 222 g/mol. The summed E-state index contributed by atoms with van der Waals surface area (Å²) in [7, 11) is 0. The molecule has 0 radical (unpaired) electrons. The van der Waals surface area contributed by atoms with Crippen LogP contribution in [0.1, 0.15) is 12.8 Å². The van der Waals surface area contributed by atoms with Crippen molar-refractivity contribution >= 4 is 21.6 Å². The highest BCUT2D eigenvalue weighted by molar-refractivity contribution is 7.16. The molecule has 0 aliphatic carbocycles. The molecule has 0 bridgehead atoms. The molecule has 0 aliphatic heterocycles. The van der Waals surface area contributed by atoms with Crippen LogP contribution in [0.15, 0.2) is 23.7 Å². The SMILES string of the molecule is NCCCCOc1cccc2scnc12. The van der Waals surface area contributed by atoms with Crippen molar-refractivity contribution in [1.82, 2.24) is 4.98 Å². The Hall–Kier alpha value is -1.13. The minimum Gasteiger partial charge on any atom is -0.491 e. The topological polar surface area (TPSA) is 48.1 Å². The van der Waals surface area contributed by atoms with E-state index in [9.17, 15) is 0 Å². The zero-order valence-corrected chi connectivity index (χ0v) is 9.30. The van der Waals surface area contributed by atoms with Crippen LogP contribution in [0.3, 0.4) is 0 Å². The number of hydrogen-bond acceptors (Lipinski definition) is 4. The number of unbranched alkanes of at least 4 members (excludes halogenated alkanes) is 1. The quantitative estimate of drug-likeness (QED) is 0.790. The Balaban J connectivity index is 2.04. The predicted molar refractivity (Wildman–Crippen MR) is 63.4 cm³/mol. The second-order valence-corrected chi connectivity index (χ2v) is 4.19. The molecular weight excluding hydrogens is 208 g/mol. The summed E-state index contributed by atoms with van der Waals surface area (Å²) in [6.45, 7) is 1.44. The largest absolute Gasteiger partial charge is 0.491 e. The minimum absolute atomic E-state index is 0.716. The first-order valence-electron chi connectivity index (χ1n) is 5.07. The second kappa shape index (κ2) is 5.09. The average Bonchev–Trinajstić information content (AvgIpc) is 2.73. The maximum atomic E-state index is 5.67. The Kier molecular flexibility index (Phi) is 3.53. The fraction of sp³-hybridized carbons (Fsp3) is 0.364. The molecule has 80 valence electrons. The van der Waals surface area contributed by atoms with Crippen molar-refractivity contribution in [2.45, 2.75) is 12.8 Å². The molecule has 0 fully saturated rings. The van der Waals surface area contributed by atoms with Gasteiger partial charge in [-0.05, 0) is 31.5 Å². The number of ether oxygens (including phenoxy) is 1. The van der Waals surface area contributed by atoms with Gasteiger partial charge in [-0.15, -0.1) is 11.3 Å². The molecule has 0 saturated carbocycles. The Morgan fingerprint density at radius 3 is 3.13 bits per heavy atom. The van der Waals surface area contributed by atoms with E-state index in [-0.39, 0.29) is 0 Å². The van der Waals surface area contributed by atoms with Crippen LogP contribution in [0, 0.1) is 0 Å². The van der Waals surface area contributed by atoms with Gasteiger partial charge in [0.2, 0.25) is 0 Å². The lowest BCUT2D eigenvalue weighted by Crippen LogP contribution is -2.03. The van der Waals surface area contributed by atoms with E-state index in [1.165, 1.54) is 4.70 Å². The van der Waals surface area contributed by atoms with E-state index < -0.39 is 0 Å². The molecule has 2 aromatic rings. The molecular formula is C11H14N2OS. The lowest BCUT2D eigenvalue weighted by molar-refractivity contribution is 0.311. The van der Waals surface area contributed by atoms with Crippen molar-refractivity contribution in [2.24, 2.45) is 5.73 Å². The lowest BCUT2D eigenvalue weighted by atomic mass is 10.3. The number of hydrogen-bond donors (Lipinski definition) is 1. The standard InChI is InChI=1S/C11H14N2OS/c12-6-1-2-7-14-9-4-3-5-10-11(9)13-8-15-10/h3-5,8H,1-2,6-7,12H2. The molecule has 0 amide bonds. The maximum absolute atomic E-state index is 5.67.